The van der Waals surface area contributed by atoms with Crippen molar-refractivity contribution < 1.29 is 27.1 Å². The van der Waals surface area contributed by atoms with E-state index in [1.807, 2.05) is 18.2 Å². The first-order valence-electron chi connectivity index (χ1n) is 9.24. The van der Waals surface area contributed by atoms with Crippen molar-refractivity contribution in [3.63, 3.8) is 0 Å². The molecular formula is C18H21N3O6S2. The van der Waals surface area contributed by atoms with Crippen LogP contribution in [0.15, 0.2) is 27.8 Å². The van der Waals surface area contributed by atoms with Crippen LogP contribution >= 0.6 is 11.8 Å². The number of sulfone groups is 1. The van der Waals surface area contributed by atoms with E-state index in [4.69, 9.17) is 13.9 Å². The minimum Gasteiger partial charge on any atom is -0.454 e. The Bertz CT molecular complexity index is 1010. The molecule has 1 amide bonds. The van der Waals surface area contributed by atoms with E-state index >= 15 is 0 Å². The molecule has 11 heteroatoms. The van der Waals surface area contributed by atoms with Gasteiger partial charge in [0.05, 0.1) is 16.8 Å². The highest BCUT2D eigenvalue weighted by molar-refractivity contribution is 8.00. The van der Waals surface area contributed by atoms with E-state index in [9.17, 15) is 13.2 Å². The van der Waals surface area contributed by atoms with Gasteiger partial charge in [0.1, 0.15) is 0 Å². The number of rotatable bonds is 7. The van der Waals surface area contributed by atoms with Crippen molar-refractivity contribution in [3.05, 3.63) is 29.7 Å². The number of benzene rings is 1. The number of hydrogen-bond acceptors (Lipinski definition) is 9. The molecule has 1 N–H and O–H groups in total. The molecule has 156 valence electrons. The largest absolute Gasteiger partial charge is 0.454 e. The summed E-state index contributed by atoms with van der Waals surface area (Å²) in [7, 11) is -2.93. The predicted molar refractivity (Wildman–Crippen MR) is 104 cm³/mol. The first-order chi connectivity index (χ1) is 13.9. The van der Waals surface area contributed by atoms with Crippen LogP contribution in [-0.2, 0) is 27.6 Å². The van der Waals surface area contributed by atoms with Crippen molar-refractivity contribution in [2.45, 2.75) is 36.8 Å². The van der Waals surface area contributed by atoms with Gasteiger partial charge in [0.25, 0.3) is 5.22 Å². The Balaban J connectivity index is 1.26. The number of nitrogens with one attached hydrogen (secondary N) is 1. The predicted octanol–water partition coefficient (Wildman–Crippen LogP) is 1.57. The zero-order valence-electron chi connectivity index (χ0n) is 15.8. The van der Waals surface area contributed by atoms with E-state index in [0.29, 0.717) is 42.0 Å². The van der Waals surface area contributed by atoms with Crippen LogP contribution in [0.4, 0.5) is 0 Å². The van der Waals surface area contributed by atoms with E-state index in [2.05, 4.69) is 15.5 Å². The monoisotopic (exact) mass is 439 g/mol. The van der Waals surface area contributed by atoms with Crippen molar-refractivity contribution >= 4 is 27.5 Å². The Morgan fingerprint density at radius 3 is 2.93 bits per heavy atom. The maximum atomic E-state index is 12.4. The molecule has 0 unspecified atom stereocenters. The third-order valence-corrected chi connectivity index (χ3v) is 7.56. The maximum Gasteiger partial charge on any atom is 0.277 e. The van der Waals surface area contributed by atoms with Crippen molar-refractivity contribution in [1.29, 1.82) is 0 Å². The summed E-state index contributed by atoms with van der Waals surface area (Å²) in [5, 5.41) is 10.7. The Morgan fingerprint density at radius 2 is 2.14 bits per heavy atom. The zero-order chi connectivity index (χ0) is 20.4. The number of nitrogens with zero attached hydrogens (tertiary/aromatic N) is 2. The Morgan fingerprint density at radius 1 is 1.31 bits per heavy atom. The fraction of sp³-hybridized carbons (Fsp3) is 0.500. The fourth-order valence-electron chi connectivity index (χ4n) is 3.24. The van der Waals surface area contributed by atoms with Gasteiger partial charge in [0.2, 0.25) is 18.6 Å². The molecule has 1 aromatic heterocycles. The van der Waals surface area contributed by atoms with Crippen LogP contribution in [0.3, 0.4) is 0 Å². The van der Waals surface area contributed by atoms with Gasteiger partial charge in [0, 0.05) is 13.0 Å². The molecule has 0 spiro atoms. The van der Waals surface area contributed by atoms with Gasteiger partial charge in [-0.1, -0.05) is 17.8 Å². The number of fused-ring (bicyclic) bond motifs is 1. The Kier molecular flexibility index (Phi) is 5.68. The minimum atomic E-state index is -2.93. The number of carbonyl (C=O) groups excluding carboxylic acids is 1. The van der Waals surface area contributed by atoms with Gasteiger partial charge >= 0.3 is 0 Å². The number of thioether (sulfide) groups is 1. The van der Waals surface area contributed by atoms with Crippen LogP contribution < -0.4 is 14.8 Å². The number of ether oxygens (including phenoxy) is 2. The third kappa shape index (κ3) is 5.02. The summed E-state index contributed by atoms with van der Waals surface area (Å²) in [4.78, 5) is 12.4. The summed E-state index contributed by atoms with van der Waals surface area (Å²) in [6.07, 6.45) is 1.06. The molecule has 1 fully saturated rings. The Labute approximate surface area is 172 Å². The molecule has 2 aromatic rings. The highest BCUT2D eigenvalue weighted by Crippen LogP contribution is 2.32. The highest BCUT2D eigenvalue weighted by atomic mass is 32.2. The quantitative estimate of drug-likeness (QED) is 0.641. The highest BCUT2D eigenvalue weighted by Gasteiger charge is 2.29. The van der Waals surface area contributed by atoms with Crippen LogP contribution in [0.5, 0.6) is 11.5 Å². The molecule has 1 aromatic carbocycles. The topological polar surface area (TPSA) is 121 Å². The molecule has 2 atom stereocenters. The zero-order valence-corrected chi connectivity index (χ0v) is 17.4. The lowest BCUT2D eigenvalue weighted by Crippen LogP contribution is -2.30. The van der Waals surface area contributed by atoms with Crippen LogP contribution in [0.25, 0.3) is 0 Å². The smallest absolute Gasteiger partial charge is 0.277 e. The van der Waals surface area contributed by atoms with Crippen molar-refractivity contribution in [3.8, 4) is 11.5 Å². The Hall–Kier alpha value is -2.27. The summed E-state index contributed by atoms with van der Waals surface area (Å²) < 4.78 is 39.3. The van der Waals surface area contributed by atoms with E-state index in [1.165, 1.54) is 11.8 Å². The van der Waals surface area contributed by atoms with E-state index in [-0.39, 0.29) is 30.1 Å². The molecule has 3 heterocycles. The lowest BCUT2D eigenvalue weighted by atomic mass is 10.1. The third-order valence-electron chi connectivity index (χ3n) is 4.79. The molecule has 0 radical (unpaired) electrons. The molecule has 0 aliphatic carbocycles. The SMILES string of the molecule is C[C@@H](Sc1nnc(C[C@H]2CCS(=O)(=O)C2)o1)C(=O)NCc1ccc2c(c1)OCO2. The van der Waals surface area contributed by atoms with Crippen molar-refractivity contribution in [2.75, 3.05) is 18.3 Å². The first kappa shape index (κ1) is 20.0. The summed E-state index contributed by atoms with van der Waals surface area (Å²) in [5.41, 5.74) is 0.909. The minimum absolute atomic E-state index is 0.0146. The molecule has 0 saturated carbocycles. The lowest BCUT2D eigenvalue weighted by molar-refractivity contribution is -0.120. The van der Waals surface area contributed by atoms with E-state index < -0.39 is 15.1 Å². The van der Waals surface area contributed by atoms with Gasteiger partial charge in [0.15, 0.2) is 21.3 Å². The van der Waals surface area contributed by atoms with E-state index in [1.54, 1.807) is 6.92 Å². The van der Waals surface area contributed by atoms with Gasteiger partial charge in [-0.05, 0) is 37.0 Å². The molecule has 2 aliphatic heterocycles. The second kappa shape index (κ2) is 8.23. The molecule has 9 nitrogen and oxygen atoms in total. The van der Waals surface area contributed by atoms with Crippen LogP contribution in [0.1, 0.15) is 24.8 Å². The number of hydrogen-bond donors (Lipinski definition) is 1. The summed E-state index contributed by atoms with van der Waals surface area (Å²) in [5.74, 6) is 2.02. The van der Waals surface area contributed by atoms with Crippen LogP contribution in [0.2, 0.25) is 0 Å². The second-order valence-corrected chi connectivity index (χ2v) is 10.6. The molecule has 4 rings (SSSR count). The van der Waals surface area contributed by atoms with Gasteiger partial charge in [-0.2, -0.15) is 0 Å². The average molecular weight is 440 g/mol. The summed E-state index contributed by atoms with van der Waals surface area (Å²) in [6.45, 7) is 2.33. The number of amides is 1. The van der Waals surface area contributed by atoms with Crippen LogP contribution in [-0.4, -0.2) is 48.1 Å². The molecule has 29 heavy (non-hydrogen) atoms. The molecular weight excluding hydrogens is 418 g/mol. The van der Waals surface area contributed by atoms with Crippen LogP contribution in [0, 0.1) is 5.92 Å². The first-order valence-corrected chi connectivity index (χ1v) is 11.9. The van der Waals surface area contributed by atoms with E-state index in [0.717, 1.165) is 5.56 Å². The summed E-state index contributed by atoms with van der Waals surface area (Å²) in [6, 6.07) is 5.53. The number of aromatic nitrogens is 2. The van der Waals surface area contributed by atoms with Gasteiger partial charge in [-0.25, -0.2) is 8.42 Å². The average Bonchev–Trinajstić information content (AvgIpc) is 3.39. The van der Waals surface area contributed by atoms with Gasteiger partial charge < -0.3 is 19.2 Å². The normalized spacial score (nSPS) is 20.5. The molecule has 2 aliphatic rings. The van der Waals surface area contributed by atoms with Gasteiger partial charge in [-0.3, -0.25) is 4.79 Å². The number of carbonyl (C=O) groups is 1. The molecule has 1 saturated heterocycles. The van der Waals surface area contributed by atoms with Crippen molar-refractivity contribution in [1.82, 2.24) is 15.5 Å². The molecule has 0 bridgehead atoms. The van der Waals surface area contributed by atoms with Crippen molar-refractivity contribution in [2.24, 2.45) is 5.92 Å². The summed E-state index contributed by atoms with van der Waals surface area (Å²) >= 11 is 1.17. The van der Waals surface area contributed by atoms with Gasteiger partial charge in [-0.15, -0.1) is 10.2 Å². The lowest BCUT2D eigenvalue weighted by Gasteiger charge is -2.10. The maximum absolute atomic E-state index is 12.4. The standard InChI is InChI=1S/C18H21N3O6S2/c1-11(17(22)19-8-12-2-3-14-15(6-12)26-10-25-14)28-18-21-20-16(27-18)7-13-4-5-29(23,24)9-13/h2-3,6,11,13H,4-5,7-10H2,1H3,(H,19,22)/t11-,13-/m1/s1. The fourth-order valence-corrected chi connectivity index (χ4v) is 5.82. The second-order valence-electron chi connectivity index (χ2n) is 7.10.